The number of carbonyl (C=O) groups is 1. The second kappa shape index (κ2) is 8.79. The highest BCUT2D eigenvalue weighted by atomic mass is 35.5. The third-order valence-corrected chi connectivity index (χ3v) is 3.82. The second-order valence-electron chi connectivity index (χ2n) is 4.88. The van der Waals surface area contributed by atoms with Crippen molar-refractivity contribution in [1.29, 1.82) is 0 Å². The van der Waals surface area contributed by atoms with E-state index in [1.54, 1.807) is 18.2 Å². The Morgan fingerprint density at radius 2 is 1.59 bits per heavy atom. The highest BCUT2D eigenvalue weighted by molar-refractivity contribution is 6.39. The molecule has 0 aliphatic rings. The van der Waals surface area contributed by atoms with Crippen LogP contribution in [0.1, 0.15) is 12.0 Å². The Labute approximate surface area is 140 Å². The molecule has 0 heterocycles. The fourth-order valence-corrected chi connectivity index (χ4v) is 2.52. The number of carbonyl (C=O) groups excluding carboxylic acids is 1. The van der Waals surface area contributed by atoms with Gasteiger partial charge in [-0.25, -0.2) is 0 Å². The van der Waals surface area contributed by atoms with Crippen LogP contribution in [-0.4, -0.2) is 19.0 Å². The largest absolute Gasteiger partial charge is 0.324 e. The molecule has 2 N–H and O–H groups in total. The van der Waals surface area contributed by atoms with E-state index in [9.17, 15) is 4.79 Å². The fourth-order valence-electron chi connectivity index (χ4n) is 2.02. The molecule has 22 heavy (non-hydrogen) atoms. The van der Waals surface area contributed by atoms with Gasteiger partial charge in [0.05, 0.1) is 15.7 Å². The lowest BCUT2D eigenvalue weighted by molar-refractivity contribution is -0.116. The molecule has 2 aromatic rings. The third kappa shape index (κ3) is 5.34. The minimum atomic E-state index is -0.109. The maximum atomic E-state index is 11.9. The zero-order valence-corrected chi connectivity index (χ0v) is 13.6. The normalized spacial score (nSPS) is 10.5. The molecule has 0 radical (unpaired) electrons. The topological polar surface area (TPSA) is 41.1 Å². The van der Waals surface area contributed by atoms with E-state index in [-0.39, 0.29) is 5.91 Å². The van der Waals surface area contributed by atoms with Crippen LogP contribution in [0.4, 0.5) is 5.69 Å². The zero-order valence-electron chi connectivity index (χ0n) is 12.1. The summed E-state index contributed by atoms with van der Waals surface area (Å²) in [6.07, 6.45) is 1.31. The minimum absolute atomic E-state index is 0.109. The maximum Gasteiger partial charge on any atom is 0.225 e. The first-order chi connectivity index (χ1) is 10.7. The van der Waals surface area contributed by atoms with Gasteiger partial charge in [-0.15, -0.1) is 0 Å². The van der Waals surface area contributed by atoms with Crippen LogP contribution < -0.4 is 10.6 Å². The number of nitrogens with one attached hydrogen (secondary N) is 2. The van der Waals surface area contributed by atoms with Crippen LogP contribution in [0.25, 0.3) is 0 Å². The summed E-state index contributed by atoms with van der Waals surface area (Å²) < 4.78 is 0. The van der Waals surface area contributed by atoms with Crippen LogP contribution in [-0.2, 0) is 11.2 Å². The number of hydrogen-bond donors (Lipinski definition) is 2. The van der Waals surface area contributed by atoms with Crippen molar-refractivity contribution in [1.82, 2.24) is 5.32 Å². The highest BCUT2D eigenvalue weighted by Crippen LogP contribution is 2.29. The Hall–Kier alpha value is -1.55. The number of benzene rings is 2. The lowest BCUT2D eigenvalue weighted by Crippen LogP contribution is -2.23. The van der Waals surface area contributed by atoms with E-state index in [2.05, 4.69) is 22.8 Å². The SMILES string of the molecule is O=C(CCNCCc1ccccc1)Nc1c(Cl)cccc1Cl. The van der Waals surface area contributed by atoms with Crippen LogP contribution in [0.2, 0.25) is 10.0 Å². The smallest absolute Gasteiger partial charge is 0.225 e. The Kier molecular flexibility index (Phi) is 6.72. The van der Waals surface area contributed by atoms with Crippen LogP contribution >= 0.6 is 23.2 Å². The van der Waals surface area contributed by atoms with E-state index in [0.717, 1.165) is 13.0 Å². The van der Waals surface area contributed by atoms with E-state index in [4.69, 9.17) is 23.2 Å². The second-order valence-corrected chi connectivity index (χ2v) is 5.69. The number of halogens is 2. The summed E-state index contributed by atoms with van der Waals surface area (Å²) in [6, 6.07) is 15.4. The van der Waals surface area contributed by atoms with Gasteiger partial charge in [0.2, 0.25) is 5.91 Å². The van der Waals surface area contributed by atoms with Gasteiger partial charge in [0, 0.05) is 13.0 Å². The molecule has 0 aliphatic carbocycles. The van der Waals surface area contributed by atoms with Crippen molar-refractivity contribution < 1.29 is 4.79 Å². The predicted octanol–water partition coefficient (Wildman–Crippen LogP) is 4.15. The summed E-state index contributed by atoms with van der Waals surface area (Å²) in [5, 5.41) is 6.88. The van der Waals surface area contributed by atoms with Crippen LogP contribution in [0.15, 0.2) is 48.5 Å². The number of rotatable bonds is 7. The van der Waals surface area contributed by atoms with Crippen molar-refractivity contribution >= 4 is 34.8 Å². The van der Waals surface area contributed by atoms with Gasteiger partial charge in [0.15, 0.2) is 0 Å². The van der Waals surface area contributed by atoms with E-state index in [1.165, 1.54) is 5.56 Å². The first-order valence-corrected chi connectivity index (χ1v) is 7.91. The molecular weight excluding hydrogens is 319 g/mol. The molecule has 0 atom stereocenters. The summed E-state index contributed by atoms with van der Waals surface area (Å²) in [5.74, 6) is -0.109. The van der Waals surface area contributed by atoms with E-state index in [0.29, 0.717) is 28.7 Å². The van der Waals surface area contributed by atoms with Gasteiger partial charge >= 0.3 is 0 Å². The van der Waals surface area contributed by atoms with Gasteiger partial charge in [-0.3, -0.25) is 4.79 Å². The Balaban J connectivity index is 1.68. The molecule has 116 valence electrons. The average Bonchev–Trinajstić information content (AvgIpc) is 2.52. The molecule has 0 unspecified atom stereocenters. The zero-order chi connectivity index (χ0) is 15.8. The Morgan fingerprint density at radius 1 is 0.909 bits per heavy atom. The molecule has 2 aromatic carbocycles. The first-order valence-electron chi connectivity index (χ1n) is 7.15. The minimum Gasteiger partial charge on any atom is -0.324 e. The molecule has 0 saturated heterocycles. The molecule has 2 rings (SSSR count). The van der Waals surface area contributed by atoms with Crippen molar-refractivity contribution in [2.24, 2.45) is 0 Å². The average molecular weight is 337 g/mol. The van der Waals surface area contributed by atoms with Crippen LogP contribution in [0.3, 0.4) is 0 Å². The lowest BCUT2D eigenvalue weighted by Gasteiger charge is -2.09. The molecule has 0 bridgehead atoms. The summed E-state index contributed by atoms with van der Waals surface area (Å²) >= 11 is 12.0. The van der Waals surface area contributed by atoms with Gasteiger partial charge in [0.1, 0.15) is 0 Å². The van der Waals surface area contributed by atoms with Gasteiger partial charge in [-0.2, -0.15) is 0 Å². The standard InChI is InChI=1S/C17H18Cl2N2O/c18-14-7-4-8-15(19)17(14)21-16(22)10-12-20-11-9-13-5-2-1-3-6-13/h1-8,20H,9-12H2,(H,21,22). The van der Waals surface area contributed by atoms with Gasteiger partial charge < -0.3 is 10.6 Å². The summed E-state index contributed by atoms with van der Waals surface area (Å²) in [5.41, 5.74) is 1.75. The van der Waals surface area contributed by atoms with E-state index < -0.39 is 0 Å². The molecule has 5 heteroatoms. The predicted molar refractivity (Wildman–Crippen MR) is 92.7 cm³/mol. The van der Waals surface area contributed by atoms with Crippen molar-refractivity contribution in [3.8, 4) is 0 Å². The Morgan fingerprint density at radius 3 is 2.27 bits per heavy atom. The molecule has 0 aromatic heterocycles. The number of hydrogen-bond acceptors (Lipinski definition) is 2. The van der Waals surface area contributed by atoms with Crippen LogP contribution in [0.5, 0.6) is 0 Å². The quantitative estimate of drug-likeness (QED) is 0.745. The molecule has 3 nitrogen and oxygen atoms in total. The third-order valence-electron chi connectivity index (χ3n) is 3.19. The van der Waals surface area contributed by atoms with E-state index >= 15 is 0 Å². The Bertz CT molecular complexity index is 597. The lowest BCUT2D eigenvalue weighted by atomic mass is 10.1. The van der Waals surface area contributed by atoms with Crippen molar-refractivity contribution in [3.05, 3.63) is 64.1 Å². The number of amides is 1. The van der Waals surface area contributed by atoms with Crippen molar-refractivity contribution in [2.75, 3.05) is 18.4 Å². The molecule has 0 spiro atoms. The molecular formula is C17H18Cl2N2O. The number of para-hydroxylation sites is 1. The van der Waals surface area contributed by atoms with Gasteiger partial charge in [0.25, 0.3) is 0 Å². The highest BCUT2D eigenvalue weighted by Gasteiger charge is 2.08. The summed E-state index contributed by atoms with van der Waals surface area (Å²) in [7, 11) is 0. The molecule has 0 aliphatic heterocycles. The van der Waals surface area contributed by atoms with E-state index in [1.807, 2.05) is 18.2 Å². The molecule has 1 amide bonds. The summed E-state index contributed by atoms with van der Waals surface area (Å²) in [4.78, 5) is 11.9. The van der Waals surface area contributed by atoms with Crippen LogP contribution in [0, 0.1) is 0 Å². The first kappa shape index (κ1) is 16.8. The summed E-state index contributed by atoms with van der Waals surface area (Å²) in [6.45, 7) is 1.45. The monoisotopic (exact) mass is 336 g/mol. The van der Waals surface area contributed by atoms with Crippen molar-refractivity contribution in [2.45, 2.75) is 12.8 Å². The number of anilines is 1. The van der Waals surface area contributed by atoms with Gasteiger partial charge in [-0.05, 0) is 30.7 Å². The van der Waals surface area contributed by atoms with Crippen molar-refractivity contribution in [3.63, 3.8) is 0 Å². The van der Waals surface area contributed by atoms with Gasteiger partial charge in [-0.1, -0.05) is 59.6 Å². The maximum absolute atomic E-state index is 11.9. The molecule has 0 fully saturated rings. The fraction of sp³-hybridized carbons (Fsp3) is 0.235. The molecule has 0 saturated carbocycles.